The molecule has 1 atom stereocenters. The maximum atomic E-state index is 12.7. The lowest BCUT2D eigenvalue weighted by Gasteiger charge is -2.18. The minimum absolute atomic E-state index is 0.106. The lowest BCUT2D eigenvalue weighted by atomic mass is 10.1. The van der Waals surface area contributed by atoms with Gasteiger partial charge in [-0.05, 0) is 23.3 Å². The summed E-state index contributed by atoms with van der Waals surface area (Å²) in [6.07, 6.45) is 0.538. The van der Waals surface area contributed by atoms with Crippen molar-refractivity contribution in [1.82, 2.24) is 16.1 Å². The number of nitro groups is 1. The molecule has 176 valence electrons. The average Bonchev–Trinajstić information content (AvgIpc) is 2.82. The van der Waals surface area contributed by atoms with E-state index in [1.807, 2.05) is 30.3 Å². The van der Waals surface area contributed by atoms with Crippen LogP contribution in [0.1, 0.15) is 24.0 Å². The van der Waals surface area contributed by atoms with Gasteiger partial charge in [-0.15, -0.1) is 0 Å². The van der Waals surface area contributed by atoms with Gasteiger partial charge in [-0.2, -0.15) is 11.8 Å². The lowest BCUT2D eigenvalue weighted by molar-refractivity contribution is -0.384. The molecule has 0 spiro atoms. The highest BCUT2D eigenvalue weighted by Crippen LogP contribution is 2.14. The summed E-state index contributed by atoms with van der Waals surface area (Å²) in [5.41, 5.74) is 2.83. The molecule has 0 heterocycles. The molecule has 0 aliphatic heterocycles. The molecule has 2 rings (SSSR count). The van der Waals surface area contributed by atoms with Gasteiger partial charge in [-0.25, -0.2) is 5.48 Å². The summed E-state index contributed by atoms with van der Waals surface area (Å²) in [5.74, 6) is -0.445. The number of thioether (sulfide) groups is 1. The summed E-state index contributed by atoms with van der Waals surface area (Å²) in [6.45, 7) is 0.304. The average molecular weight is 475 g/mol. The van der Waals surface area contributed by atoms with Crippen LogP contribution in [0.3, 0.4) is 0 Å². The van der Waals surface area contributed by atoms with Crippen molar-refractivity contribution in [2.75, 3.05) is 11.5 Å². The fraction of sp³-hybridized carbons (Fsp3) is 0.318. The van der Waals surface area contributed by atoms with Crippen molar-refractivity contribution in [3.8, 4) is 0 Å². The second-order valence-electron chi connectivity index (χ2n) is 7.14. The Morgan fingerprint density at radius 1 is 1.03 bits per heavy atom. The van der Waals surface area contributed by atoms with Gasteiger partial charge >= 0.3 is 0 Å². The van der Waals surface area contributed by atoms with E-state index in [-0.39, 0.29) is 30.2 Å². The minimum Gasteiger partial charge on any atom is -0.350 e. The van der Waals surface area contributed by atoms with Crippen molar-refractivity contribution in [1.29, 1.82) is 0 Å². The maximum absolute atomic E-state index is 12.7. The molecule has 0 radical (unpaired) electrons. The second kappa shape index (κ2) is 13.9. The lowest BCUT2D eigenvalue weighted by Crippen LogP contribution is -2.48. The molecule has 0 aliphatic carbocycles. The molecule has 4 N–H and O–H groups in total. The van der Waals surface area contributed by atoms with Crippen LogP contribution in [0.15, 0.2) is 54.6 Å². The minimum atomic E-state index is -0.823. The van der Waals surface area contributed by atoms with E-state index < -0.39 is 22.8 Å². The van der Waals surface area contributed by atoms with E-state index in [9.17, 15) is 24.5 Å². The largest absolute Gasteiger partial charge is 0.350 e. The number of nitro benzene ring substituents is 1. The molecular formula is C22H26N4O6S. The van der Waals surface area contributed by atoms with E-state index in [1.54, 1.807) is 11.5 Å². The van der Waals surface area contributed by atoms with Crippen molar-refractivity contribution >= 4 is 35.2 Å². The van der Waals surface area contributed by atoms with Gasteiger partial charge in [0.05, 0.1) is 11.3 Å². The normalized spacial score (nSPS) is 11.3. The molecule has 0 aliphatic rings. The molecule has 0 unspecified atom stereocenters. The summed E-state index contributed by atoms with van der Waals surface area (Å²) < 4.78 is 0. The van der Waals surface area contributed by atoms with Gasteiger partial charge in [-0.3, -0.25) is 29.7 Å². The Morgan fingerprint density at radius 2 is 1.76 bits per heavy atom. The van der Waals surface area contributed by atoms with E-state index in [0.29, 0.717) is 24.3 Å². The fourth-order valence-corrected chi connectivity index (χ4v) is 3.88. The van der Waals surface area contributed by atoms with Gasteiger partial charge in [0.1, 0.15) is 6.04 Å². The van der Waals surface area contributed by atoms with Crippen molar-refractivity contribution in [2.24, 2.45) is 0 Å². The number of rotatable bonds is 13. The predicted octanol–water partition coefficient (Wildman–Crippen LogP) is 1.96. The molecule has 33 heavy (non-hydrogen) atoms. The van der Waals surface area contributed by atoms with E-state index >= 15 is 0 Å². The number of amides is 3. The third-order valence-electron chi connectivity index (χ3n) is 4.55. The number of hydrogen-bond donors (Lipinski definition) is 4. The highest BCUT2D eigenvalue weighted by atomic mass is 32.2. The van der Waals surface area contributed by atoms with Crippen LogP contribution < -0.4 is 16.1 Å². The van der Waals surface area contributed by atoms with E-state index in [2.05, 4.69) is 10.6 Å². The summed E-state index contributed by atoms with van der Waals surface area (Å²) in [7, 11) is 0. The quantitative estimate of drug-likeness (QED) is 0.150. The monoisotopic (exact) mass is 474 g/mol. The number of hydroxylamine groups is 1. The molecule has 0 saturated heterocycles. The first kappa shape index (κ1) is 25.8. The molecule has 3 amide bonds. The zero-order valence-electron chi connectivity index (χ0n) is 17.9. The Morgan fingerprint density at radius 3 is 2.45 bits per heavy atom. The SMILES string of the molecule is O=C(CCCSC[C@H](NC(=O)Cc1cccc([N+](=O)[O-])c1)C(=O)NCc1ccccc1)NO. The highest BCUT2D eigenvalue weighted by molar-refractivity contribution is 7.99. The number of carbonyl (C=O) groups excluding carboxylic acids is 3. The van der Waals surface area contributed by atoms with Crippen molar-refractivity contribution < 1.29 is 24.5 Å². The van der Waals surface area contributed by atoms with Crippen LogP contribution in [0.5, 0.6) is 0 Å². The zero-order chi connectivity index (χ0) is 24.1. The molecule has 2 aromatic rings. The highest BCUT2D eigenvalue weighted by Gasteiger charge is 2.21. The topological polar surface area (TPSA) is 151 Å². The third kappa shape index (κ3) is 9.71. The summed E-state index contributed by atoms with van der Waals surface area (Å²) in [5, 5.41) is 25.0. The predicted molar refractivity (Wildman–Crippen MR) is 124 cm³/mol. The van der Waals surface area contributed by atoms with Crippen molar-refractivity contribution in [3.05, 3.63) is 75.8 Å². The van der Waals surface area contributed by atoms with Gasteiger partial charge in [0.25, 0.3) is 5.69 Å². The van der Waals surface area contributed by atoms with Crippen LogP contribution in [0.4, 0.5) is 5.69 Å². The number of hydrogen-bond acceptors (Lipinski definition) is 7. The molecular weight excluding hydrogens is 448 g/mol. The Bertz CT molecular complexity index is 957. The number of carbonyl (C=O) groups is 3. The maximum Gasteiger partial charge on any atom is 0.269 e. The smallest absolute Gasteiger partial charge is 0.269 e. The molecule has 0 fully saturated rings. The van der Waals surface area contributed by atoms with Crippen LogP contribution >= 0.6 is 11.8 Å². The Hall–Kier alpha value is -3.44. The van der Waals surface area contributed by atoms with Gasteiger partial charge in [0.2, 0.25) is 17.7 Å². The Kier molecular flexibility index (Phi) is 10.8. The van der Waals surface area contributed by atoms with Crippen LogP contribution in [0.2, 0.25) is 0 Å². The first-order chi connectivity index (χ1) is 15.9. The van der Waals surface area contributed by atoms with Crippen molar-refractivity contribution in [3.63, 3.8) is 0 Å². The van der Waals surface area contributed by atoms with Crippen LogP contribution in [-0.4, -0.2) is 45.4 Å². The number of nitrogens with one attached hydrogen (secondary N) is 3. The molecule has 0 aromatic heterocycles. The number of non-ortho nitro benzene ring substituents is 1. The van der Waals surface area contributed by atoms with Gasteiger partial charge in [0, 0.05) is 30.9 Å². The number of benzene rings is 2. The third-order valence-corrected chi connectivity index (χ3v) is 5.70. The molecule has 0 saturated carbocycles. The molecule has 10 nitrogen and oxygen atoms in total. The first-order valence-corrected chi connectivity index (χ1v) is 11.4. The summed E-state index contributed by atoms with van der Waals surface area (Å²) in [6, 6.07) is 14.3. The van der Waals surface area contributed by atoms with Crippen LogP contribution in [0, 0.1) is 10.1 Å². The summed E-state index contributed by atoms with van der Waals surface area (Å²) in [4.78, 5) is 46.8. The number of nitrogens with zero attached hydrogens (tertiary/aromatic N) is 1. The van der Waals surface area contributed by atoms with Crippen LogP contribution in [0.25, 0.3) is 0 Å². The van der Waals surface area contributed by atoms with E-state index in [1.165, 1.54) is 30.0 Å². The van der Waals surface area contributed by atoms with E-state index in [4.69, 9.17) is 5.21 Å². The van der Waals surface area contributed by atoms with Crippen LogP contribution in [-0.2, 0) is 27.3 Å². The fourth-order valence-electron chi connectivity index (χ4n) is 2.89. The van der Waals surface area contributed by atoms with Gasteiger partial charge in [-0.1, -0.05) is 42.5 Å². The first-order valence-electron chi connectivity index (χ1n) is 10.2. The second-order valence-corrected chi connectivity index (χ2v) is 8.29. The molecule has 11 heteroatoms. The van der Waals surface area contributed by atoms with Crippen molar-refractivity contribution in [2.45, 2.75) is 31.8 Å². The Balaban J connectivity index is 1.95. The zero-order valence-corrected chi connectivity index (χ0v) is 18.7. The summed E-state index contributed by atoms with van der Waals surface area (Å²) >= 11 is 1.39. The molecule has 2 aromatic carbocycles. The van der Waals surface area contributed by atoms with Gasteiger partial charge < -0.3 is 10.6 Å². The van der Waals surface area contributed by atoms with E-state index in [0.717, 1.165) is 5.56 Å². The standard InChI is InChI=1S/C22H26N4O6S/c27-20(25-30)10-5-11-33-15-19(22(29)23-14-16-6-2-1-3-7-16)24-21(28)13-17-8-4-9-18(12-17)26(31)32/h1-4,6-9,12,19,30H,5,10-11,13-15H2,(H,23,29)(H,24,28)(H,25,27)/t19-/m0/s1. The Labute approximate surface area is 195 Å². The molecule has 0 bridgehead atoms. The van der Waals surface area contributed by atoms with Gasteiger partial charge in [0.15, 0.2) is 0 Å².